The van der Waals surface area contributed by atoms with E-state index in [1.54, 1.807) is 14.2 Å². The third-order valence-corrected chi connectivity index (χ3v) is 4.14. The molecule has 1 aliphatic rings. The lowest BCUT2D eigenvalue weighted by molar-refractivity contribution is 0.232. The van der Waals surface area contributed by atoms with Gasteiger partial charge in [-0.05, 0) is 43.0 Å². The molecule has 1 N–H and O–H groups in total. The van der Waals surface area contributed by atoms with E-state index < -0.39 is 0 Å². The van der Waals surface area contributed by atoms with Crippen molar-refractivity contribution in [1.29, 1.82) is 0 Å². The molecule has 1 atom stereocenters. The Kier molecular flexibility index (Phi) is 4.94. The summed E-state index contributed by atoms with van der Waals surface area (Å²) in [6, 6.07) is 4.39. The Morgan fingerprint density at radius 2 is 2.05 bits per heavy atom. The van der Waals surface area contributed by atoms with Crippen molar-refractivity contribution in [1.82, 2.24) is 5.32 Å². The summed E-state index contributed by atoms with van der Waals surface area (Å²) >= 11 is 6.29. The molecule has 1 saturated carbocycles. The van der Waals surface area contributed by atoms with Gasteiger partial charge in [-0.15, -0.1) is 0 Å². The topological polar surface area (TPSA) is 30.5 Å². The van der Waals surface area contributed by atoms with Crippen molar-refractivity contribution in [3.8, 4) is 11.5 Å². The summed E-state index contributed by atoms with van der Waals surface area (Å²) in [6.07, 6.45) is 3.89. The number of nitrogens with one attached hydrogen (secondary N) is 1. The maximum absolute atomic E-state index is 6.29. The van der Waals surface area contributed by atoms with Gasteiger partial charge in [-0.25, -0.2) is 0 Å². The van der Waals surface area contributed by atoms with Crippen LogP contribution in [0.4, 0.5) is 0 Å². The van der Waals surface area contributed by atoms with E-state index >= 15 is 0 Å². The predicted octanol–water partition coefficient (Wildman–Crippen LogP) is 3.81. The normalized spacial score (nSPS) is 16.8. The molecule has 1 unspecified atom stereocenters. The van der Waals surface area contributed by atoms with Crippen LogP contribution in [0.25, 0.3) is 0 Å². The lowest BCUT2D eigenvalue weighted by atomic mass is 9.77. The number of halogens is 1. The molecule has 0 bridgehead atoms. The summed E-state index contributed by atoms with van der Waals surface area (Å²) < 4.78 is 10.7. The van der Waals surface area contributed by atoms with Crippen molar-refractivity contribution < 1.29 is 9.47 Å². The quantitative estimate of drug-likeness (QED) is 0.861. The highest BCUT2D eigenvalue weighted by Crippen LogP contribution is 2.42. The molecule has 0 radical (unpaired) electrons. The fourth-order valence-corrected chi connectivity index (χ4v) is 2.96. The first kappa shape index (κ1) is 14.5. The fourth-order valence-electron chi connectivity index (χ4n) is 2.67. The molecule has 0 saturated heterocycles. The third kappa shape index (κ3) is 2.98. The van der Waals surface area contributed by atoms with Gasteiger partial charge in [0.15, 0.2) is 11.5 Å². The molecular formula is C15H22ClNO2. The standard InChI is InChI=1S/C15H22ClNO2/c1-4-17-14(10-6-5-7-10)11-8-12(16)15(19-3)13(9-11)18-2/h8-10,14,17H,4-7H2,1-3H3. The molecular weight excluding hydrogens is 262 g/mol. The van der Waals surface area contributed by atoms with Gasteiger partial charge in [-0.3, -0.25) is 0 Å². The minimum absolute atomic E-state index is 0.357. The monoisotopic (exact) mass is 283 g/mol. The first-order valence-corrected chi connectivity index (χ1v) is 7.23. The Labute approximate surface area is 120 Å². The van der Waals surface area contributed by atoms with Gasteiger partial charge in [0, 0.05) is 6.04 Å². The highest BCUT2D eigenvalue weighted by atomic mass is 35.5. The number of ether oxygens (including phenoxy) is 2. The van der Waals surface area contributed by atoms with E-state index in [4.69, 9.17) is 21.1 Å². The Balaban J connectivity index is 2.33. The average molecular weight is 284 g/mol. The lowest BCUT2D eigenvalue weighted by Crippen LogP contribution is -2.32. The summed E-state index contributed by atoms with van der Waals surface area (Å²) in [4.78, 5) is 0. The summed E-state index contributed by atoms with van der Waals surface area (Å²) in [5.41, 5.74) is 1.19. The van der Waals surface area contributed by atoms with E-state index in [0.717, 1.165) is 6.54 Å². The van der Waals surface area contributed by atoms with Crippen LogP contribution in [0.1, 0.15) is 37.8 Å². The van der Waals surface area contributed by atoms with Gasteiger partial charge in [0.05, 0.1) is 19.2 Å². The van der Waals surface area contributed by atoms with Gasteiger partial charge in [0.2, 0.25) is 0 Å². The van der Waals surface area contributed by atoms with Crippen molar-refractivity contribution in [2.75, 3.05) is 20.8 Å². The summed E-state index contributed by atoms with van der Waals surface area (Å²) in [5.74, 6) is 2.01. The Bertz CT molecular complexity index is 432. The largest absolute Gasteiger partial charge is 0.493 e. The Hall–Kier alpha value is -0.930. The molecule has 106 valence electrons. The zero-order valence-electron chi connectivity index (χ0n) is 11.8. The molecule has 2 rings (SSSR count). The second-order valence-electron chi connectivity index (χ2n) is 4.96. The Morgan fingerprint density at radius 3 is 2.53 bits per heavy atom. The summed E-state index contributed by atoms with van der Waals surface area (Å²) in [7, 11) is 3.25. The molecule has 3 nitrogen and oxygen atoms in total. The van der Waals surface area contributed by atoms with Crippen molar-refractivity contribution in [3.63, 3.8) is 0 Å². The number of benzene rings is 1. The first-order valence-electron chi connectivity index (χ1n) is 6.86. The van der Waals surface area contributed by atoms with Gasteiger partial charge >= 0.3 is 0 Å². The second kappa shape index (κ2) is 6.49. The maximum atomic E-state index is 6.29. The van der Waals surface area contributed by atoms with Crippen molar-refractivity contribution in [3.05, 3.63) is 22.7 Å². The molecule has 0 spiro atoms. The smallest absolute Gasteiger partial charge is 0.179 e. The summed E-state index contributed by atoms with van der Waals surface area (Å²) in [6.45, 7) is 3.08. The zero-order chi connectivity index (χ0) is 13.8. The van der Waals surface area contributed by atoms with Crippen LogP contribution >= 0.6 is 11.6 Å². The van der Waals surface area contributed by atoms with Crippen molar-refractivity contribution in [2.45, 2.75) is 32.2 Å². The number of rotatable bonds is 6. The lowest BCUT2D eigenvalue weighted by Gasteiger charge is -2.35. The maximum Gasteiger partial charge on any atom is 0.179 e. The minimum atomic E-state index is 0.357. The van der Waals surface area contributed by atoms with E-state index in [0.29, 0.717) is 28.5 Å². The second-order valence-corrected chi connectivity index (χ2v) is 5.37. The van der Waals surface area contributed by atoms with E-state index in [1.807, 2.05) is 12.1 Å². The Morgan fingerprint density at radius 1 is 1.32 bits per heavy atom. The van der Waals surface area contributed by atoms with Crippen LogP contribution in [-0.4, -0.2) is 20.8 Å². The van der Waals surface area contributed by atoms with E-state index in [-0.39, 0.29) is 0 Å². The zero-order valence-corrected chi connectivity index (χ0v) is 12.6. The van der Waals surface area contributed by atoms with Crippen LogP contribution in [0.15, 0.2) is 12.1 Å². The molecule has 19 heavy (non-hydrogen) atoms. The van der Waals surface area contributed by atoms with Gasteiger partial charge in [0.25, 0.3) is 0 Å². The van der Waals surface area contributed by atoms with Crippen LogP contribution in [0, 0.1) is 5.92 Å². The van der Waals surface area contributed by atoms with Crippen LogP contribution < -0.4 is 14.8 Å². The molecule has 0 aliphatic heterocycles. The molecule has 1 aliphatic carbocycles. The SMILES string of the molecule is CCNC(c1cc(Cl)c(OC)c(OC)c1)C1CCC1. The predicted molar refractivity (Wildman–Crippen MR) is 78.3 cm³/mol. The third-order valence-electron chi connectivity index (χ3n) is 3.86. The fraction of sp³-hybridized carbons (Fsp3) is 0.600. The molecule has 4 heteroatoms. The minimum Gasteiger partial charge on any atom is -0.493 e. The molecule has 0 amide bonds. The molecule has 0 aromatic heterocycles. The number of methoxy groups -OCH3 is 2. The van der Waals surface area contributed by atoms with Crippen molar-refractivity contribution >= 4 is 11.6 Å². The number of hydrogen-bond donors (Lipinski definition) is 1. The first-order chi connectivity index (χ1) is 9.21. The van der Waals surface area contributed by atoms with Crippen LogP contribution in [0.5, 0.6) is 11.5 Å². The highest BCUT2D eigenvalue weighted by molar-refractivity contribution is 6.32. The van der Waals surface area contributed by atoms with E-state index in [1.165, 1.54) is 24.8 Å². The van der Waals surface area contributed by atoms with Crippen molar-refractivity contribution in [2.24, 2.45) is 5.92 Å². The van der Waals surface area contributed by atoms with E-state index in [2.05, 4.69) is 12.2 Å². The van der Waals surface area contributed by atoms with Crippen LogP contribution in [0.3, 0.4) is 0 Å². The van der Waals surface area contributed by atoms with Gasteiger partial charge in [0.1, 0.15) is 0 Å². The molecule has 1 aromatic rings. The van der Waals surface area contributed by atoms with Gasteiger partial charge < -0.3 is 14.8 Å². The number of hydrogen-bond acceptors (Lipinski definition) is 3. The van der Waals surface area contributed by atoms with Gasteiger partial charge in [-0.1, -0.05) is 24.9 Å². The van der Waals surface area contributed by atoms with Gasteiger partial charge in [-0.2, -0.15) is 0 Å². The van der Waals surface area contributed by atoms with Crippen LogP contribution in [-0.2, 0) is 0 Å². The van der Waals surface area contributed by atoms with Crippen LogP contribution in [0.2, 0.25) is 5.02 Å². The van der Waals surface area contributed by atoms with E-state index in [9.17, 15) is 0 Å². The summed E-state index contributed by atoms with van der Waals surface area (Å²) in [5, 5.41) is 4.17. The highest BCUT2D eigenvalue weighted by Gasteiger charge is 2.29. The molecule has 1 fully saturated rings. The average Bonchev–Trinajstić information content (AvgIpc) is 2.35. The molecule has 0 heterocycles. The molecule has 1 aromatic carbocycles.